The van der Waals surface area contributed by atoms with Crippen molar-refractivity contribution in [3.63, 3.8) is 0 Å². The van der Waals surface area contributed by atoms with Gasteiger partial charge in [-0.3, -0.25) is 9.69 Å². The normalized spacial score (nSPS) is 24.5. The van der Waals surface area contributed by atoms with Crippen molar-refractivity contribution in [2.75, 3.05) is 20.1 Å². The number of likely N-dealkylation sites (N-methyl/N-ethyl adjacent to an activating group) is 1. The van der Waals surface area contributed by atoms with E-state index in [1.807, 2.05) is 0 Å². The van der Waals surface area contributed by atoms with Gasteiger partial charge < -0.3 is 10.6 Å². The van der Waals surface area contributed by atoms with E-state index in [4.69, 9.17) is 5.73 Å². The van der Waals surface area contributed by atoms with Gasteiger partial charge in [-0.2, -0.15) is 13.2 Å². The molecule has 1 aliphatic carbocycles. The van der Waals surface area contributed by atoms with Gasteiger partial charge in [-0.15, -0.1) is 12.4 Å². The zero-order chi connectivity index (χ0) is 19.6. The lowest BCUT2D eigenvalue weighted by Crippen LogP contribution is -2.54. The van der Waals surface area contributed by atoms with Gasteiger partial charge in [-0.1, -0.05) is 25.0 Å². The minimum Gasteiger partial charge on any atom is -0.340 e. The third kappa shape index (κ3) is 4.99. The quantitative estimate of drug-likeness (QED) is 0.802. The predicted octanol–water partition coefficient (Wildman–Crippen LogP) is 3.99. The second-order valence-corrected chi connectivity index (χ2v) is 7.71. The Morgan fingerprint density at radius 3 is 2.25 bits per heavy atom. The Morgan fingerprint density at radius 2 is 1.68 bits per heavy atom. The molecule has 2 aliphatic rings. The molecule has 8 heteroatoms. The van der Waals surface area contributed by atoms with Gasteiger partial charge in [0.2, 0.25) is 5.91 Å². The highest BCUT2D eigenvalue weighted by molar-refractivity contribution is 5.85. The first-order valence-electron chi connectivity index (χ1n) is 9.72. The Kier molecular flexibility index (Phi) is 7.76. The minimum absolute atomic E-state index is 0. The van der Waals surface area contributed by atoms with E-state index >= 15 is 0 Å². The molecule has 28 heavy (non-hydrogen) atoms. The van der Waals surface area contributed by atoms with Crippen LogP contribution in [0.15, 0.2) is 24.3 Å². The summed E-state index contributed by atoms with van der Waals surface area (Å²) in [5, 5.41) is 0. The van der Waals surface area contributed by atoms with Crippen molar-refractivity contribution in [3.8, 4) is 0 Å². The van der Waals surface area contributed by atoms with Crippen LogP contribution in [0.1, 0.15) is 55.7 Å². The van der Waals surface area contributed by atoms with Crippen LogP contribution in [0.25, 0.3) is 0 Å². The number of likely N-dealkylation sites (tertiary alicyclic amines) is 1. The second kappa shape index (κ2) is 9.46. The fourth-order valence-electron chi connectivity index (χ4n) is 4.45. The molecule has 158 valence electrons. The lowest BCUT2D eigenvalue weighted by molar-refractivity contribution is -0.137. The summed E-state index contributed by atoms with van der Waals surface area (Å²) in [4.78, 5) is 17.2. The number of carbonyl (C=O) groups excluding carboxylic acids is 1. The van der Waals surface area contributed by atoms with Crippen molar-refractivity contribution in [2.24, 2.45) is 5.73 Å². The van der Waals surface area contributed by atoms with E-state index in [0.717, 1.165) is 44.5 Å². The molecule has 1 saturated carbocycles. The molecule has 3 unspecified atom stereocenters. The molecule has 3 rings (SSSR count). The number of hydrogen-bond donors (Lipinski definition) is 1. The van der Waals surface area contributed by atoms with E-state index in [-0.39, 0.29) is 24.4 Å². The second-order valence-electron chi connectivity index (χ2n) is 7.71. The van der Waals surface area contributed by atoms with Crippen molar-refractivity contribution >= 4 is 18.3 Å². The first kappa shape index (κ1) is 23.0. The van der Waals surface area contributed by atoms with Gasteiger partial charge in [0.15, 0.2) is 0 Å². The van der Waals surface area contributed by atoms with E-state index in [0.29, 0.717) is 11.6 Å². The molecule has 0 spiro atoms. The fraction of sp³-hybridized carbons (Fsp3) is 0.650. The van der Waals surface area contributed by atoms with Crippen LogP contribution in [0, 0.1) is 0 Å². The summed E-state index contributed by atoms with van der Waals surface area (Å²) < 4.78 is 38.2. The summed E-state index contributed by atoms with van der Waals surface area (Å²) in [5.41, 5.74) is 5.79. The Labute approximate surface area is 170 Å². The molecule has 0 aromatic heterocycles. The number of alkyl halides is 3. The summed E-state index contributed by atoms with van der Waals surface area (Å²) in [7, 11) is 1.78. The number of hydrogen-bond acceptors (Lipinski definition) is 3. The van der Waals surface area contributed by atoms with Gasteiger partial charge in [0.05, 0.1) is 5.56 Å². The summed E-state index contributed by atoms with van der Waals surface area (Å²) in [5.74, 6) is -0.231. The molecule has 2 N–H and O–H groups in total. The third-order valence-electron chi connectivity index (χ3n) is 6.01. The third-order valence-corrected chi connectivity index (χ3v) is 6.01. The fourth-order valence-corrected chi connectivity index (χ4v) is 4.45. The summed E-state index contributed by atoms with van der Waals surface area (Å²) in [6, 6.07) is 4.10. The van der Waals surface area contributed by atoms with Gasteiger partial charge in [0.1, 0.15) is 6.04 Å². The highest BCUT2D eigenvalue weighted by atomic mass is 35.5. The van der Waals surface area contributed by atoms with Crippen molar-refractivity contribution in [2.45, 2.75) is 62.8 Å². The highest BCUT2D eigenvalue weighted by Crippen LogP contribution is 2.32. The van der Waals surface area contributed by atoms with Crippen LogP contribution in [-0.2, 0) is 11.0 Å². The average molecular weight is 420 g/mol. The van der Waals surface area contributed by atoms with Gasteiger partial charge in [0, 0.05) is 19.1 Å². The summed E-state index contributed by atoms with van der Waals surface area (Å²) in [6.45, 7) is 2.16. The molecule has 1 amide bonds. The molecule has 2 fully saturated rings. The monoisotopic (exact) mass is 419 g/mol. The maximum absolute atomic E-state index is 12.9. The first-order valence-corrected chi connectivity index (χ1v) is 9.72. The summed E-state index contributed by atoms with van der Waals surface area (Å²) in [6.07, 6.45) is 2.29. The minimum atomic E-state index is -4.39. The summed E-state index contributed by atoms with van der Waals surface area (Å²) >= 11 is 0. The Bertz CT molecular complexity index is 647. The number of halogens is 4. The van der Waals surface area contributed by atoms with Crippen LogP contribution in [0.4, 0.5) is 13.2 Å². The average Bonchev–Trinajstić information content (AvgIpc) is 3.20. The van der Waals surface area contributed by atoms with E-state index in [9.17, 15) is 18.0 Å². The molecule has 1 aromatic carbocycles. The molecule has 3 atom stereocenters. The van der Waals surface area contributed by atoms with Crippen molar-refractivity contribution in [3.05, 3.63) is 35.4 Å². The van der Waals surface area contributed by atoms with Crippen molar-refractivity contribution in [1.29, 1.82) is 0 Å². The van der Waals surface area contributed by atoms with E-state index in [2.05, 4.69) is 4.90 Å². The number of amides is 1. The maximum atomic E-state index is 12.9. The van der Waals surface area contributed by atoms with Gasteiger partial charge in [0.25, 0.3) is 0 Å². The van der Waals surface area contributed by atoms with Gasteiger partial charge in [-0.25, -0.2) is 0 Å². The topological polar surface area (TPSA) is 49.6 Å². The maximum Gasteiger partial charge on any atom is 0.416 e. The SMILES string of the molecule is CN(C(=O)C(N)c1ccc(C(F)(F)F)cc1)C1CCCCC1N1CCCC1.Cl. The van der Waals surface area contributed by atoms with Crippen molar-refractivity contribution < 1.29 is 18.0 Å². The Hall–Kier alpha value is -1.31. The lowest BCUT2D eigenvalue weighted by Gasteiger charge is -2.43. The molecular formula is C20H29ClF3N3O. The number of benzene rings is 1. The lowest BCUT2D eigenvalue weighted by atomic mass is 9.87. The van der Waals surface area contributed by atoms with E-state index in [1.165, 1.54) is 31.4 Å². The van der Waals surface area contributed by atoms with Crippen LogP contribution >= 0.6 is 12.4 Å². The van der Waals surface area contributed by atoms with Crippen LogP contribution in [0.3, 0.4) is 0 Å². The zero-order valence-corrected chi connectivity index (χ0v) is 16.9. The van der Waals surface area contributed by atoms with Crippen LogP contribution in [-0.4, -0.2) is 47.9 Å². The van der Waals surface area contributed by atoms with E-state index in [1.54, 1.807) is 11.9 Å². The zero-order valence-electron chi connectivity index (χ0n) is 16.1. The smallest absolute Gasteiger partial charge is 0.340 e. The molecular weight excluding hydrogens is 391 g/mol. The van der Waals surface area contributed by atoms with Gasteiger partial charge in [-0.05, 0) is 56.5 Å². The Morgan fingerprint density at radius 1 is 1.11 bits per heavy atom. The van der Waals surface area contributed by atoms with Gasteiger partial charge >= 0.3 is 6.18 Å². The van der Waals surface area contributed by atoms with E-state index < -0.39 is 17.8 Å². The predicted molar refractivity (Wildman–Crippen MR) is 105 cm³/mol. The first-order chi connectivity index (χ1) is 12.8. The standard InChI is InChI=1S/C20H28F3N3O.ClH/c1-25(16-6-2-3-7-17(16)26-12-4-5-13-26)19(27)18(24)14-8-10-15(11-9-14)20(21,22)23;/h8-11,16-18H,2-7,12-13,24H2,1H3;1H. The van der Waals surface area contributed by atoms with Crippen LogP contribution in [0.2, 0.25) is 0 Å². The number of nitrogens with two attached hydrogens (primary N) is 1. The highest BCUT2D eigenvalue weighted by Gasteiger charge is 2.37. The van der Waals surface area contributed by atoms with Crippen molar-refractivity contribution in [1.82, 2.24) is 9.80 Å². The number of rotatable bonds is 4. The molecule has 0 bridgehead atoms. The Balaban J connectivity index is 0.00000280. The molecule has 4 nitrogen and oxygen atoms in total. The largest absolute Gasteiger partial charge is 0.416 e. The number of nitrogens with zero attached hydrogens (tertiary/aromatic N) is 2. The molecule has 1 aliphatic heterocycles. The number of carbonyl (C=O) groups is 1. The van der Waals surface area contributed by atoms with Crippen LogP contribution in [0.5, 0.6) is 0 Å². The van der Waals surface area contributed by atoms with Crippen LogP contribution < -0.4 is 5.73 Å². The molecule has 0 radical (unpaired) electrons. The molecule has 1 heterocycles. The molecule has 1 saturated heterocycles. The molecule has 1 aromatic rings.